The summed E-state index contributed by atoms with van der Waals surface area (Å²) < 4.78 is 16.2. The maximum Gasteiger partial charge on any atom is 0.517 e. The summed E-state index contributed by atoms with van der Waals surface area (Å²) in [7, 11) is 2.11. The van der Waals surface area contributed by atoms with Crippen molar-refractivity contribution in [1.82, 2.24) is 5.32 Å². The second-order valence-corrected chi connectivity index (χ2v) is 8.15. The van der Waals surface area contributed by atoms with Gasteiger partial charge in [-0.05, 0) is 24.9 Å². The van der Waals surface area contributed by atoms with Crippen molar-refractivity contribution >= 4 is 21.2 Å². The van der Waals surface area contributed by atoms with E-state index in [1.54, 1.807) is 21.3 Å². The number of halogens is 1. The van der Waals surface area contributed by atoms with Crippen LogP contribution in [0.1, 0.15) is 24.8 Å². The van der Waals surface area contributed by atoms with Gasteiger partial charge in [0, 0.05) is 27.9 Å². The first-order chi connectivity index (χ1) is 10.2. The highest BCUT2D eigenvalue weighted by molar-refractivity contribution is 6.62. The zero-order valence-electron chi connectivity index (χ0n) is 13.7. The molecule has 0 aliphatic carbocycles. The molecule has 0 aliphatic heterocycles. The smallest absolute Gasteiger partial charge is 0.376 e. The molecule has 3 N–H and O–H groups in total. The van der Waals surface area contributed by atoms with Gasteiger partial charge in [0.25, 0.3) is 0 Å². The van der Waals surface area contributed by atoms with Crippen LogP contribution >= 0.6 is 12.4 Å². The first-order valence-corrected chi connectivity index (χ1v) is 9.14. The van der Waals surface area contributed by atoms with Gasteiger partial charge in [0.2, 0.25) is 0 Å². The second kappa shape index (κ2) is 12.0. The van der Waals surface area contributed by atoms with Gasteiger partial charge in [-0.15, -0.1) is 12.4 Å². The molecule has 0 saturated heterocycles. The predicted molar refractivity (Wildman–Crippen MR) is 94.0 cm³/mol. The van der Waals surface area contributed by atoms with Crippen LogP contribution in [-0.2, 0) is 19.8 Å². The van der Waals surface area contributed by atoms with Gasteiger partial charge in [-0.1, -0.05) is 36.8 Å². The van der Waals surface area contributed by atoms with Crippen LogP contribution in [0, 0.1) is 0 Å². The summed E-state index contributed by atoms with van der Waals surface area (Å²) in [6.45, 7) is 1.88. The van der Waals surface area contributed by atoms with Crippen molar-refractivity contribution in [1.29, 1.82) is 0 Å². The van der Waals surface area contributed by atoms with Crippen molar-refractivity contribution in [3.8, 4) is 0 Å². The molecule has 0 fully saturated rings. The Labute approximate surface area is 141 Å². The minimum absolute atomic E-state index is 0. The summed E-state index contributed by atoms with van der Waals surface area (Å²) in [5.74, 6) is 0. The Morgan fingerprint density at radius 3 is 2.18 bits per heavy atom. The number of nitrogens with one attached hydrogen (secondary N) is 1. The van der Waals surface area contributed by atoms with E-state index in [0.717, 1.165) is 32.4 Å². The number of nitrogens with two attached hydrogens (primary N) is 1. The van der Waals surface area contributed by atoms with Crippen molar-refractivity contribution in [3.63, 3.8) is 0 Å². The molecule has 1 atom stereocenters. The van der Waals surface area contributed by atoms with E-state index >= 15 is 0 Å². The third kappa shape index (κ3) is 6.74. The van der Waals surface area contributed by atoms with E-state index in [-0.39, 0.29) is 18.1 Å². The molecule has 7 heteroatoms. The maximum absolute atomic E-state index is 6.16. The predicted octanol–water partition coefficient (Wildman–Crippen LogP) is 2.11. The standard InChI is InChI=1S/C15H28N2O3Si.ClH/c1-18-21(19-2,20-3)15(16)11-7-8-12-17-13-14-9-5-4-6-10-14;/h4-6,9-10,15,17H,7-8,11-13,16H2,1-3H3;1H. The summed E-state index contributed by atoms with van der Waals surface area (Å²) >= 11 is 0. The molecule has 1 rings (SSSR count). The monoisotopic (exact) mass is 348 g/mol. The Kier molecular flexibility index (Phi) is 11.8. The zero-order valence-corrected chi connectivity index (χ0v) is 15.5. The van der Waals surface area contributed by atoms with Gasteiger partial charge in [0.15, 0.2) is 0 Å². The quantitative estimate of drug-likeness (QED) is 0.473. The normalized spacial score (nSPS) is 12.7. The Hall–Kier alpha value is -0.473. The van der Waals surface area contributed by atoms with E-state index in [1.165, 1.54) is 5.56 Å². The molecule has 0 saturated carbocycles. The Morgan fingerprint density at radius 1 is 1.05 bits per heavy atom. The number of unbranched alkanes of at least 4 members (excludes halogenated alkanes) is 1. The van der Waals surface area contributed by atoms with Crippen LogP contribution < -0.4 is 11.1 Å². The number of hydrogen-bond acceptors (Lipinski definition) is 5. The highest BCUT2D eigenvalue weighted by Crippen LogP contribution is 2.14. The van der Waals surface area contributed by atoms with Gasteiger partial charge in [-0.25, -0.2) is 0 Å². The highest BCUT2D eigenvalue weighted by atomic mass is 35.5. The lowest BCUT2D eigenvalue weighted by Crippen LogP contribution is -2.58. The van der Waals surface area contributed by atoms with Crippen molar-refractivity contribution in [2.45, 2.75) is 31.5 Å². The fraction of sp³-hybridized carbons (Fsp3) is 0.600. The van der Waals surface area contributed by atoms with Crippen LogP contribution in [0.15, 0.2) is 30.3 Å². The lowest BCUT2D eigenvalue weighted by atomic mass is 10.2. The van der Waals surface area contributed by atoms with Crippen LogP contribution in [0.4, 0.5) is 0 Å². The first-order valence-electron chi connectivity index (χ1n) is 7.34. The maximum atomic E-state index is 6.16. The van der Waals surface area contributed by atoms with E-state index < -0.39 is 8.80 Å². The first kappa shape index (κ1) is 21.5. The molecule has 5 nitrogen and oxygen atoms in total. The van der Waals surface area contributed by atoms with Crippen LogP contribution in [0.25, 0.3) is 0 Å². The summed E-state index contributed by atoms with van der Waals surface area (Å²) in [6, 6.07) is 10.4. The molecule has 0 radical (unpaired) electrons. The Morgan fingerprint density at radius 2 is 1.64 bits per heavy atom. The molecule has 0 aromatic heterocycles. The number of rotatable bonds is 11. The largest absolute Gasteiger partial charge is 0.517 e. The van der Waals surface area contributed by atoms with Gasteiger partial charge in [-0.3, -0.25) is 0 Å². The number of benzene rings is 1. The summed E-state index contributed by atoms with van der Waals surface area (Å²) in [5, 5.41) is 3.43. The molecular weight excluding hydrogens is 320 g/mol. The van der Waals surface area contributed by atoms with E-state index in [0.29, 0.717) is 0 Å². The Bertz CT molecular complexity index is 372. The van der Waals surface area contributed by atoms with E-state index in [2.05, 4.69) is 29.6 Å². The molecule has 0 bridgehead atoms. The van der Waals surface area contributed by atoms with Crippen LogP contribution in [0.2, 0.25) is 0 Å². The molecule has 1 unspecified atom stereocenters. The second-order valence-electron chi connectivity index (χ2n) is 4.98. The molecular formula is C15H29ClN2O3Si. The number of hydrogen-bond donors (Lipinski definition) is 2. The van der Waals surface area contributed by atoms with Crippen molar-refractivity contribution in [2.24, 2.45) is 5.73 Å². The molecule has 128 valence electrons. The summed E-state index contributed by atoms with van der Waals surface area (Å²) in [5.41, 5.74) is 7.29. The fourth-order valence-electron chi connectivity index (χ4n) is 2.32. The molecule has 0 aliphatic rings. The molecule has 1 aromatic carbocycles. The van der Waals surface area contributed by atoms with Gasteiger partial charge >= 0.3 is 8.80 Å². The molecule has 0 amide bonds. The SMILES string of the molecule is CO[Si](OC)(OC)C(N)CCCCNCc1ccccc1.Cl. The van der Waals surface area contributed by atoms with Crippen LogP contribution in [0.3, 0.4) is 0 Å². The highest BCUT2D eigenvalue weighted by Gasteiger charge is 2.44. The van der Waals surface area contributed by atoms with E-state index in [9.17, 15) is 0 Å². The molecule has 0 heterocycles. The van der Waals surface area contributed by atoms with Crippen LogP contribution in [0.5, 0.6) is 0 Å². The average Bonchev–Trinajstić information content (AvgIpc) is 2.54. The third-order valence-corrected chi connectivity index (χ3v) is 6.50. The van der Waals surface area contributed by atoms with Gasteiger partial charge in [0.1, 0.15) is 0 Å². The summed E-state index contributed by atoms with van der Waals surface area (Å²) in [4.78, 5) is 0. The van der Waals surface area contributed by atoms with E-state index in [1.807, 2.05) is 6.07 Å². The lowest BCUT2D eigenvalue weighted by Gasteiger charge is -2.29. The molecule has 1 aromatic rings. The van der Waals surface area contributed by atoms with E-state index in [4.69, 9.17) is 19.0 Å². The van der Waals surface area contributed by atoms with Crippen molar-refractivity contribution in [3.05, 3.63) is 35.9 Å². The Balaban J connectivity index is 0.00000441. The minimum atomic E-state index is -2.68. The minimum Gasteiger partial charge on any atom is -0.376 e. The average molecular weight is 349 g/mol. The van der Waals surface area contributed by atoms with Crippen molar-refractivity contribution < 1.29 is 13.3 Å². The zero-order chi connectivity index (χ0) is 15.6. The topological polar surface area (TPSA) is 65.7 Å². The third-order valence-electron chi connectivity index (χ3n) is 3.60. The van der Waals surface area contributed by atoms with Crippen LogP contribution in [-0.4, -0.2) is 42.3 Å². The van der Waals surface area contributed by atoms with Crippen molar-refractivity contribution in [2.75, 3.05) is 27.9 Å². The summed E-state index contributed by atoms with van der Waals surface area (Å²) in [6.07, 6.45) is 2.94. The molecule has 22 heavy (non-hydrogen) atoms. The van der Waals surface area contributed by atoms with Gasteiger partial charge < -0.3 is 24.3 Å². The van der Waals surface area contributed by atoms with Gasteiger partial charge in [0.05, 0.1) is 5.67 Å². The van der Waals surface area contributed by atoms with Gasteiger partial charge in [-0.2, -0.15) is 0 Å². The lowest BCUT2D eigenvalue weighted by molar-refractivity contribution is 0.111. The molecule has 0 spiro atoms. The fourth-order valence-corrected chi connectivity index (χ4v) is 4.29.